The van der Waals surface area contributed by atoms with Crippen molar-refractivity contribution in [2.75, 3.05) is 7.11 Å². The van der Waals surface area contributed by atoms with Crippen LogP contribution in [0.3, 0.4) is 0 Å². The first-order chi connectivity index (χ1) is 12.5. The van der Waals surface area contributed by atoms with Crippen molar-refractivity contribution in [3.05, 3.63) is 24.3 Å². The zero-order chi connectivity index (χ0) is 19.4. The van der Waals surface area contributed by atoms with E-state index < -0.39 is 18.2 Å². The number of allylic oxidation sites excluding steroid dienone is 2. The van der Waals surface area contributed by atoms with E-state index in [9.17, 15) is 15.0 Å². The fraction of sp³-hybridized carbons (Fsp3) is 0.762. The van der Waals surface area contributed by atoms with E-state index in [0.717, 1.165) is 38.5 Å². The van der Waals surface area contributed by atoms with Crippen LogP contribution < -0.4 is 0 Å². The van der Waals surface area contributed by atoms with E-state index in [4.69, 9.17) is 9.84 Å². The maximum absolute atomic E-state index is 10.5. The lowest BCUT2D eigenvalue weighted by atomic mass is 9.89. The molecule has 5 heteroatoms. The first-order valence-electron chi connectivity index (χ1n) is 9.93. The van der Waals surface area contributed by atoms with Crippen molar-refractivity contribution < 1.29 is 24.9 Å². The number of rotatable bonds is 13. The molecule has 0 unspecified atom stereocenters. The van der Waals surface area contributed by atoms with Crippen LogP contribution in [-0.4, -0.2) is 46.7 Å². The maximum Gasteiger partial charge on any atom is 0.303 e. The third-order valence-corrected chi connectivity index (χ3v) is 5.19. The minimum Gasteiger partial charge on any atom is -0.481 e. The largest absolute Gasteiger partial charge is 0.481 e. The van der Waals surface area contributed by atoms with Gasteiger partial charge in [-0.2, -0.15) is 0 Å². The number of carbonyl (C=O) groups is 1. The zero-order valence-electron chi connectivity index (χ0n) is 16.2. The first kappa shape index (κ1) is 22.9. The van der Waals surface area contributed by atoms with E-state index in [1.54, 1.807) is 7.11 Å². The Bertz CT molecular complexity index is 446. The Balaban J connectivity index is 2.54. The van der Waals surface area contributed by atoms with Gasteiger partial charge in [-0.15, -0.1) is 0 Å². The molecule has 26 heavy (non-hydrogen) atoms. The summed E-state index contributed by atoms with van der Waals surface area (Å²) in [7, 11) is 1.67. The molecule has 0 heterocycles. The fourth-order valence-electron chi connectivity index (χ4n) is 3.65. The van der Waals surface area contributed by atoms with Gasteiger partial charge in [0.2, 0.25) is 0 Å². The molecule has 0 spiro atoms. The van der Waals surface area contributed by atoms with E-state index in [1.165, 1.54) is 0 Å². The molecule has 1 rings (SSSR count). The Morgan fingerprint density at radius 3 is 2.69 bits per heavy atom. The second kappa shape index (κ2) is 13.1. The van der Waals surface area contributed by atoms with Crippen LogP contribution in [-0.2, 0) is 9.53 Å². The summed E-state index contributed by atoms with van der Waals surface area (Å²) in [4.78, 5) is 10.5. The van der Waals surface area contributed by atoms with Gasteiger partial charge in [-0.3, -0.25) is 4.79 Å². The molecule has 0 radical (unpaired) electrons. The highest BCUT2D eigenvalue weighted by Crippen LogP contribution is 2.38. The minimum absolute atomic E-state index is 0.000513. The van der Waals surface area contributed by atoms with Gasteiger partial charge in [0.1, 0.15) is 0 Å². The van der Waals surface area contributed by atoms with Crippen molar-refractivity contribution >= 4 is 5.97 Å². The quantitative estimate of drug-likeness (QED) is 0.341. The van der Waals surface area contributed by atoms with Crippen LogP contribution in [0.1, 0.15) is 64.7 Å². The number of ether oxygens (including phenoxy) is 1. The second-order valence-corrected chi connectivity index (χ2v) is 7.26. The number of methoxy groups -OCH3 is 1. The third-order valence-electron chi connectivity index (χ3n) is 5.19. The molecule has 0 aromatic rings. The highest BCUT2D eigenvalue weighted by Gasteiger charge is 2.40. The molecule has 1 fully saturated rings. The summed E-state index contributed by atoms with van der Waals surface area (Å²) in [6.07, 6.45) is 13.9. The van der Waals surface area contributed by atoms with E-state index in [0.29, 0.717) is 12.8 Å². The van der Waals surface area contributed by atoms with Crippen molar-refractivity contribution in [3.8, 4) is 0 Å². The molecule has 5 atom stereocenters. The van der Waals surface area contributed by atoms with Crippen LogP contribution in [0.15, 0.2) is 24.3 Å². The lowest BCUT2D eigenvalue weighted by Gasteiger charge is -2.21. The third kappa shape index (κ3) is 8.47. The van der Waals surface area contributed by atoms with Gasteiger partial charge in [0.25, 0.3) is 0 Å². The van der Waals surface area contributed by atoms with E-state index in [1.807, 2.05) is 18.2 Å². The summed E-state index contributed by atoms with van der Waals surface area (Å²) in [6, 6.07) is 0. The van der Waals surface area contributed by atoms with Gasteiger partial charge in [-0.05, 0) is 31.6 Å². The molecule has 150 valence electrons. The predicted octanol–water partition coefficient (Wildman–Crippen LogP) is 3.70. The molecule has 0 saturated heterocycles. The molecule has 1 aliphatic carbocycles. The molecular formula is C21H36O5. The van der Waals surface area contributed by atoms with Crippen LogP contribution in [0.25, 0.3) is 0 Å². The van der Waals surface area contributed by atoms with Gasteiger partial charge < -0.3 is 20.1 Å². The predicted molar refractivity (Wildman–Crippen MR) is 103 cm³/mol. The number of aliphatic hydroxyl groups is 2. The number of aliphatic carboxylic acids is 1. The van der Waals surface area contributed by atoms with Crippen molar-refractivity contribution in [1.29, 1.82) is 0 Å². The standard InChI is InChI=1S/C21H36O5/c1-3-4-7-10-16(22)13-14-17-18(20(26-2)15-19(17)23)11-8-5-6-9-12-21(24)25/h5,8,13-14,16-20,22-23H,3-4,6-7,9-12,15H2,1-2H3,(H,24,25)/b8-5+,14-13?/t16-,17+,18-,19+,20-/m0/s1. The lowest BCUT2D eigenvalue weighted by Crippen LogP contribution is -2.21. The van der Waals surface area contributed by atoms with Crippen LogP contribution in [0.2, 0.25) is 0 Å². The van der Waals surface area contributed by atoms with Crippen molar-refractivity contribution in [1.82, 2.24) is 0 Å². The topological polar surface area (TPSA) is 87.0 Å². The summed E-state index contributed by atoms with van der Waals surface area (Å²) in [5, 5.41) is 29.1. The van der Waals surface area contributed by atoms with E-state index >= 15 is 0 Å². The van der Waals surface area contributed by atoms with Crippen LogP contribution in [0.5, 0.6) is 0 Å². The molecule has 0 aromatic carbocycles. The molecule has 5 nitrogen and oxygen atoms in total. The van der Waals surface area contributed by atoms with Gasteiger partial charge in [-0.1, -0.05) is 50.5 Å². The van der Waals surface area contributed by atoms with Gasteiger partial charge in [0.15, 0.2) is 0 Å². The van der Waals surface area contributed by atoms with Crippen LogP contribution in [0, 0.1) is 11.8 Å². The number of hydrogen-bond acceptors (Lipinski definition) is 4. The van der Waals surface area contributed by atoms with Gasteiger partial charge in [-0.25, -0.2) is 0 Å². The summed E-state index contributed by atoms with van der Waals surface area (Å²) in [5.41, 5.74) is 0. The summed E-state index contributed by atoms with van der Waals surface area (Å²) in [6.45, 7) is 2.14. The first-order valence-corrected chi connectivity index (χ1v) is 9.93. The Morgan fingerprint density at radius 1 is 1.27 bits per heavy atom. The molecule has 0 bridgehead atoms. The number of hydrogen-bond donors (Lipinski definition) is 3. The Hall–Kier alpha value is -1.17. The van der Waals surface area contributed by atoms with Crippen molar-refractivity contribution in [2.45, 2.75) is 83.0 Å². The SMILES string of the molecule is CCCCC[C@H](O)C=C[C@@H]1[C@H](C/C=C/CCCC(=O)O)[C@@H](OC)C[C@H]1O. The molecule has 0 amide bonds. The highest BCUT2D eigenvalue weighted by molar-refractivity contribution is 5.66. The average molecular weight is 369 g/mol. The Labute approximate surface area is 157 Å². The highest BCUT2D eigenvalue weighted by atomic mass is 16.5. The normalized spacial score (nSPS) is 27.5. The lowest BCUT2D eigenvalue weighted by molar-refractivity contribution is -0.137. The second-order valence-electron chi connectivity index (χ2n) is 7.26. The Morgan fingerprint density at radius 2 is 2.04 bits per heavy atom. The monoisotopic (exact) mass is 368 g/mol. The van der Waals surface area contributed by atoms with Gasteiger partial charge >= 0.3 is 5.97 Å². The fourth-order valence-corrected chi connectivity index (χ4v) is 3.65. The summed E-state index contributed by atoms with van der Waals surface area (Å²) >= 11 is 0. The number of carboxylic acids is 1. The summed E-state index contributed by atoms with van der Waals surface area (Å²) in [5.74, 6) is -0.617. The average Bonchev–Trinajstić information content (AvgIpc) is 2.91. The number of carboxylic acid groups (broad SMARTS) is 1. The van der Waals surface area contributed by atoms with E-state index in [-0.39, 0.29) is 24.4 Å². The summed E-state index contributed by atoms with van der Waals surface area (Å²) < 4.78 is 5.55. The van der Waals surface area contributed by atoms with Gasteiger partial charge in [0.05, 0.1) is 18.3 Å². The van der Waals surface area contributed by atoms with Crippen LogP contribution in [0.4, 0.5) is 0 Å². The zero-order valence-corrected chi connectivity index (χ0v) is 16.2. The van der Waals surface area contributed by atoms with Crippen LogP contribution >= 0.6 is 0 Å². The molecule has 1 saturated carbocycles. The maximum atomic E-state index is 10.5. The molecule has 3 N–H and O–H groups in total. The molecule has 0 aromatic heterocycles. The molecule has 1 aliphatic rings. The molecule has 0 aliphatic heterocycles. The van der Waals surface area contributed by atoms with E-state index in [2.05, 4.69) is 13.0 Å². The smallest absolute Gasteiger partial charge is 0.303 e. The van der Waals surface area contributed by atoms with Crippen molar-refractivity contribution in [3.63, 3.8) is 0 Å². The Kier molecular flexibility index (Phi) is 11.5. The van der Waals surface area contributed by atoms with Crippen molar-refractivity contribution in [2.24, 2.45) is 11.8 Å². The number of unbranched alkanes of at least 4 members (excludes halogenated alkanes) is 3. The minimum atomic E-state index is -0.764. The number of aliphatic hydroxyl groups excluding tert-OH is 2. The molecular weight excluding hydrogens is 332 g/mol. The van der Waals surface area contributed by atoms with Gasteiger partial charge in [0, 0.05) is 25.9 Å².